The van der Waals surface area contributed by atoms with E-state index in [1.165, 1.54) is 6.92 Å². The van der Waals surface area contributed by atoms with Crippen LogP contribution in [-0.2, 0) is 19.0 Å². The minimum Gasteiger partial charge on any atom is -0.504 e. The maximum absolute atomic E-state index is 11.8. The molecule has 1 aromatic rings. The Bertz CT molecular complexity index is 722. The van der Waals surface area contributed by atoms with Crippen molar-refractivity contribution in [1.29, 1.82) is 0 Å². The summed E-state index contributed by atoms with van der Waals surface area (Å²) in [6, 6.07) is 1.98. The van der Waals surface area contributed by atoms with Crippen molar-refractivity contribution >= 4 is 18.0 Å². The number of aromatic hydroxyl groups is 3. The minimum absolute atomic E-state index is 0.0166. The smallest absolute Gasteiger partial charge is 0.407 e. The van der Waals surface area contributed by atoms with Crippen LogP contribution in [-0.4, -0.2) is 59.7 Å². The number of alkyl carbamates (subject to hydrolysis) is 1. The highest BCUT2D eigenvalue weighted by molar-refractivity contribution is 5.91. The van der Waals surface area contributed by atoms with Gasteiger partial charge in [-0.05, 0) is 38.3 Å². The zero-order chi connectivity index (χ0) is 21.8. The highest BCUT2D eigenvalue weighted by Crippen LogP contribution is 2.35. The number of esters is 2. The molecule has 0 aliphatic heterocycles. The van der Waals surface area contributed by atoms with Gasteiger partial charge in [0.15, 0.2) is 17.2 Å². The monoisotopic (exact) mass is 411 g/mol. The van der Waals surface area contributed by atoms with Gasteiger partial charge >= 0.3 is 18.0 Å². The van der Waals surface area contributed by atoms with Crippen molar-refractivity contribution in [2.24, 2.45) is 0 Å². The SMILES string of the molecule is C=C(C)C(=O)OCCNC(=O)OCCCCCOC(=O)c1cc(O)c(O)c(O)c1. The van der Waals surface area contributed by atoms with E-state index in [-0.39, 0.29) is 37.5 Å². The van der Waals surface area contributed by atoms with Crippen LogP contribution in [0.25, 0.3) is 0 Å². The van der Waals surface area contributed by atoms with Gasteiger partial charge in [0.05, 0.1) is 25.3 Å². The highest BCUT2D eigenvalue weighted by Gasteiger charge is 2.14. The highest BCUT2D eigenvalue weighted by atomic mass is 16.6. The van der Waals surface area contributed by atoms with Gasteiger partial charge in [-0.2, -0.15) is 0 Å². The summed E-state index contributed by atoms with van der Waals surface area (Å²) in [7, 11) is 0. The number of nitrogens with one attached hydrogen (secondary N) is 1. The molecule has 0 fully saturated rings. The second kappa shape index (κ2) is 12.1. The number of carbonyl (C=O) groups excluding carboxylic acids is 3. The average molecular weight is 411 g/mol. The van der Waals surface area contributed by atoms with Crippen LogP contribution in [0.2, 0.25) is 0 Å². The van der Waals surface area contributed by atoms with E-state index in [0.29, 0.717) is 19.3 Å². The third kappa shape index (κ3) is 8.87. The third-order valence-corrected chi connectivity index (χ3v) is 3.51. The van der Waals surface area contributed by atoms with E-state index in [9.17, 15) is 29.7 Å². The minimum atomic E-state index is -0.751. The molecule has 0 atom stereocenters. The van der Waals surface area contributed by atoms with E-state index in [2.05, 4.69) is 11.9 Å². The first-order valence-electron chi connectivity index (χ1n) is 8.87. The van der Waals surface area contributed by atoms with Gasteiger partial charge in [-0.25, -0.2) is 14.4 Å². The molecule has 10 nitrogen and oxygen atoms in total. The van der Waals surface area contributed by atoms with Crippen molar-refractivity contribution in [3.8, 4) is 17.2 Å². The molecule has 160 valence electrons. The molecule has 1 rings (SSSR count). The molecule has 0 aliphatic rings. The molecular formula is C19H25NO9. The number of ether oxygens (including phenoxy) is 3. The third-order valence-electron chi connectivity index (χ3n) is 3.51. The molecule has 1 amide bonds. The van der Waals surface area contributed by atoms with Crippen LogP contribution in [0.1, 0.15) is 36.5 Å². The topological polar surface area (TPSA) is 152 Å². The lowest BCUT2D eigenvalue weighted by atomic mass is 10.2. The predicted molar refractivity (Wildman–Crippen MR) is 101 cm³/mol. The zero-order valence-corrected chi connectivity index (χ0v) is 16.1. The van der Waals surface area contributed by atoms with E-state index in [1.807, 2.05) is 0 Å². The summed E-state index contributed by atoms with van der Waals surface area (Å²) in [6.07, 6.45) is 1.07. The number of hydrogen-bond acceptors (Lipinski definition) is 9. The molecule has 10 heteroatoms. The first-order valence-corrected chi connectivity index (χ1v) is 8.87. The maximum Gasteiger partial charge on any atom is 0.407 e. The number of carbonyl (C=O) groups is 3. The van der Waals surface area contributed by atoms with Crippen molar-refractivity contribution in [2.45, 2.75) is 26.2 Å². The van der Waals surface area contributed by atoms with Crippen molar-refractivity contribution < 1.29 is 43.9 Å². The molecule has 4 N–H and O–H groups in total. The number of benzene rings is 1. The second-order valence-electron chi connectivity index (χ2n) is 6.04. The molecule has 0 heterocycles. The van der Waals surface area contributed by atoms with Crippen molar-refractivity contribution in [3.63, 3.8) is 0 Å². The van der Waals surface area contributed by atoms with Gasteiger partial charge in [0.1, 0.15) is 6.61 Å². The van der Waals surface area contributed by atoms with Crippen LogP contribution >= 0.6 is 0 Å². The Balaban J connectivity index is 2.08. The number of phenolic OH excluding ortho intramolecular Hbond substituents is 3. The van der Waals surface area contributed by atoms with Gasteiger partial charge in [-0.15, -0.1) is 0 Å². The fourth-order valence-corrected chi connectivity index (χ4v) is 1.99. The quantitative estimate of drug-likeness (QED) is 0.141. The summed E-state index contributed by atoms with van der Waals surface area (Å²) < 4.78 is 14.7. The largest absolute Gasteiger partial charge is 0.504 e. The van der Waals surface area contributed by atoms with E-state index in [0.717, 1.165) is 12.1 Å². The molecule has 0 saturated carbocycles. The molecule has 0 spiro atoms. The zero-order valence-electron chi connectivity index (χ0n) is 16.1. The van der Waals surface area contributed by atoms with Crippen LogP contribution in [0.4, 0.5) is 4.79 Å². The van der Waals surface area contributed by atoms with Crippen molar-refractivity contribution in [2.75, 3.05) is 26.4 Å². The van der Waals surface area contributed by atoms with Crippen LogP contribution in [0.3, 0.4) is 0 Å². The van der Waals surface area contributed by atoms with E-state index in [4.69, 9.17) is 14.2 Å². The molecule has 1 aromatic carbocycles. The average Bonchev–Trinajstić information content (AvgIpc) is 2.67. The van der Waals surface area contributed by atoms with E-state index >= 15 is 0 Å². The number of rotatable bonds is 11. The fourth-order valence-electron chi connectivity index (χ4n) is 1.99. The van der Waals surface area contributed by atoms with Gasteiger partial charge < -0.3 is 34.8 Å². The Kier molecular flexibility index (Phi) is 9.86. The summed E-state index contributed by atoms with van der Waals surface area (Å²) in [6.45, 7) is 5.36. The molecule has 0 aliphatic carbocycles. The standard InChI is InChI=1S/C19H25NO9/c1-12(2)17(24)28-9-6-20-19(26)29-8-5-3-4-7-27-18(25)13-10-14(21)16(23)15(22)11-13/h10-11,21-23H,1,3-9H2,2H3,(H,20,26). The molecule has 0 bridgehead atoms. The van der Waals surface area contributed by atoms with E-state index < -0.39 is 35.3 Å². The summed E-state index contributed by atoms with van der Waals surface area (Å²) in [4.78, 5) is 34.3. The fraction of sp³-hybridized carbons (Fsp3) is 0.421. The summed E-state index contributed by atoms with van der Waals surface area (Å²) in [5, 5.41) is 30.4. The maximum atomic E-state index is 11.8. The molecule has 0 saturated heterocycles. The van der Waals surface area contributed by atoms with Gasteiger partial charge in [0.2, 0.25) is 0 Å². The lowest BCUT2D eigenvalue weighted by molar-refractivity contribution is -0.138. The molecule has 0 unspecified atom stereocenters. The van der Waals surface area contributed by atoms with Crippen molar-refractivity contribution in [1.82, 2.24) is 5.32 Å². The van der Waals surface area contributed by atoms with Crippen molar-refractivity contribution in [3.05, 3.63) is 29.8 Å². The Morgan fingerprint density at radius 1 is 0.931 bits per heavy atom. The summed E-state index contributed by atoms with van der Waals surface area (Å²) >= 11 is 0. The Morgan fingerprint density at radius 3 is 2.10 bits per heavy atom. The van der Waals surface area contributed by atoms with Crippen LogP contribution in [0.5, 0.6) is 17.2 Å². The Morgan fingerprint density at radius 2 is 1.52 bits per heavy atom. The number of phenols is 3. The predicted octanol–water partition coefficient (Wildman–Crippen LogP) is 1.98. The van der Waals surface area contributed by atoms with Crippen LogP contribution < -0.4 is 5.32 Å². The molecule has 0 radical (unpaired) electrons. The molecular weight excluding hydrogens is 386 g/mol. The van der Waals surface area contributed by atoms with Gasteiger partial charge in [0, 0.05) is 5.57 Å². The van der Waals surface area contributed by atoms with Gasteiger partial charge in [0.25, 0.3) is 0 Å². The number of unbranched alkanes of at least 4 members (excludes halogenated alkanes) is 2. The normalized spacial score (nSPS) is 10.1. The van der Waals surface area contributed by atoms with Crippen LogP contribution in [0.15, 0.2) is 24.3 Å². The lowest BCUT2D eigenvalue weighted by Crippen LogP contribution is -2.29. The second-order valence-corrected chi connectivity index (χ2v) is 6.04. The Hall–Kier alpha value is -3.43. The Labute approximate surface area is 167 Å². The molecule has 0 aromatic heterocycles. The first-order chi connectivity index (χ1) is 13.7. The first kappa shape index (κ1) is 23.6. The number of amides is 1. The summed E-state index contributed by atoms with van der Waals surface area (Å²) in [5.41, 5.74) is 0.185. The van der Waals surface area contributed by atoms with Gasteiger partial charge in [-0.3, -0.25) is 0 Å². The molecule has 29 heavy (non-hydrogen) atoms. The number of hydrogen-bond donors (Lipinski definition) is 4. The van der Waals surface area contributed by atoms with Crippen LogP contribution in [0, 0.1) is 0 Å². The lowest BCUT2D eigenvalue weighted by Gasteiger charge is -2.08. The van der Waals surface area contributed by atoms with E-state index in [1.54, 1.807) is 0 Å². The summed E-state index contributed by atoms with van der Waals surface area (Å²) in [5.74, 6) is -3.24. The van der Waals surface area contributed by atoms with Gasteiger partial charge in [-0.1, -0.05) is 6.58 Å².